The van der Waals surface area contributed by atoms with Crippen LogP contribution < -0.4 is 16.4 Å². The molecule has 1 aromatic carbocycles. The maximum atomic E-state index is 7.55. The van der Waals surface area contributed by atoms with Crippen molar-refractivity contribution in [1.29, 1.82) is 5.41 Å². The summed E-state index contributed by atoms with van der Waals surface area (Å²) >= 11 is 11.8. The van der Waals surface area contributed by atoms with Crippen LogP contribution in [0.15, 0.2) is 23.2 Å². The number of nitrogens with two attached hydrogens (primary N) is 2. The van der Waals surface area contributed by atoms with E-state index in [0.717, 1.165) is 0 Å². The zero-order chi connectivity index (χ0) is 13.9. The number of nitrogens with one attached hydrogen (secondary N) is 1. The van der Waals surface area contributed by atoms with Crippen LogP contribution in [0.25, 0.3) is 0 Å². The van der Waals surface area contributed by atoms with Crippen molar-refractivity contribution in [2.75, 3.05) is 4.90 Å². The zero-order valence-electron chi connectivity index (χ0n) is 10.5. The summed E-state index contributed by atoms with van der Waals surface area (Å²) in [6, 6.07) is 4.85. The van der Waals surface area contributed by atoms with Gasteiger partial charge in [0, 0.05) is 6.04 Å². The molecule has 0 unspecified atom stereocenters. The van der Waals surface area contributed by atoms with Gasteiger partial charge in [0.2, 0.25) is 5.96 Å². The smallest absolute Gasteiger partial charge is 0.203 e. The van der Waals surface area contributed by atoms with Crippen molar-refractivity contribution >= 4 is 53.2 Å². The number of nitrogens with zero attached hydrogens (tertiary/aromatic N) is 2. The first-order chi connectivity index (χ1) is 8.32. The van der Waals surface area contributed by atoms with Crippen LogP contribution >= 0.6 is 35.6 Å². The third-order valence-corrected chi connectivity index (χ3v) is 2.76. The second-order valence-electron chi connectivity index (χ2n) is 3.90. The highest BCUT2D eigenvalue weighted by atomic mass is 35.5. The maximum Gasteiger partial charge on any atom is 0.203 e. The van der Waals surface area contributed by atoms with Crippen molar-refractivity contribution in [3.05, 3.63) is 28.2 Å². The molecule has 0 saturated carbocycles. The Morgan fingerprint density at radius 2 is 1.84 bits per heavy atom. The van der Waals surface area contributed by atoms with Gasteiger partial charge < -0.3 is 11.5 Å². The third kappa shape index (κ3) is 4.78. The molecule has 0 fully saturated rings. The Balaban J connectivity index is 0.00000324. The van der Waals surface area contributed by atoms with E-state index in [2.05, 4.69) is 4.99 Å². The quantitative estimate of drug-likeness (QED) is 0.577. The number of hydrogen-bond acceptors (Lipinski definition) is 2. The standard InChI is InChI=1S/C11H15Cl2N5.ClH/c1-6(2)17-11(16)18(10(14)15)7-3-4-8(12)9(13)5-7;/h3-6H,1-2H3,(H3,14,15)(H2,16,17);1H. The molecular weight excluding hydrogens is 309 g/mol. The predicted octanol–water partition coefficient (Wildman–Crippen LogP) is 2.84. The molecule has 0 aliphatic rings. The van der Waals surface area contributed by atoms with Crippen LogP contribution in [0.4, 0.5) is 5.69 Å². The van der Waals surface area contributed by atoms with Crippen LogP contribution in [-0.4, -0.2) is 18.0 Å². The number of rotatable bonds is 2. The lowest BCUT2D eigenvalue weighted by Gasteiger charge is -2.22. The summed E-state index contributed by atoms with van der Waals surface area (Å²) in [5.41, 5.74) is 11.9. The largest absolute Gasteiger partial charge is 0.369 e. The predicted molar refractivity (Wildman–Crippen MR) is 84.9 cm³/mol. The molecule has 1 aromatic rings. The van der Waals surface area contributed by atoms with Gasteiger partial charge in [0.05, 0.1) is 15.7 Å². The van der Waals surface area contributed by atoms with Crippen molar-refractivity contribution in [2.45, 2.75) is 19.9 Å². The maximum absolute atomic E-state index is 7.55. The van der Waals surface area contributed by atoms with E-state index in [0.29, 0.717) is 15.7 Å². The Hall–Kier alpha value is -1.17. The summed E-state index contributed by atoms with van der Waals surface area (Å²) in [4.78, 5) is 5.44. The van der Waals surface area contributed by atoms with Gasteiger partial charge in [0.25, 0.3) is 0 Å². The number of benzene rings is 1. The Morgan fingerprint density at radius 3 is 2.26 bits per heavy atom. The van der Waals surface area contributed by atoms with Crippen molar-refractivity contribution in [3.8, 4) is 0 Å². The second kappa shape index (κ2) is 7.43. The zero-order valence-corrected chi connectivity index (χ0v) is 12.9. The van der Waals surface area contributed by atoms with Crippen LogP contribution in [0.2, 0.25) is 10.0 Å². The summed E-state index contributed by atoms with van der Waals surface area (Å²) in [6.45, 7) is 3.75. The second-order valence-corrected chi connectivity index (χ2v) is 4.71. The molecule has 106 valence electrons. The third-order valence-electron chi connectivity index (χ3n) is 2.02. The molecule has 5 nitrogen and oxygen atoms in total. The van der Waals surface area contributed by atoms with Crippen LogP contribution in [-0.2, 0) is 0 Å². The average Bonchev–Trinajstić information content (AvgIpc) is 2.21. The number of hydrogen-bond donors (Lipinski definition) is 3. The highest BCUT2D eigenvalue weighted by Gasteiger charge is 2.15. The van der Waals surface area contributed by atoms with E-state index in [-0.39, 0.29) is 30.4 Å². The first kappa shape index (κ1) is 17.8. The van der Waals surface area contributed by atoms with E-state index in [1.807, 2.05) is 13.8 Å². The molecule has 5 N–H and O–H groups in total. The van der Waals surface area contributed by atoms with Gasteiger partial charge in [0.1, 0.15) is 0 Å². The lowest BCUT2D eigenvalue weighted by atomic mass is 10.3. The normalized spacial score (nSPS) is 11.1. The minimum atomic E-state index is -0.240. The Bertz CT molecular complexity index is 487. The number of anilines is 1. The molecule has 0 aliphatic heterocycles. The molecule has 0 aliphatic carbocycles. The topological polar surface area (TPSA) is 91.5 Å². The molecule has 0 aromatic heterocycles. The van der Waals surface area contributed by atoms with Gasteiger partial charge in [-0.05, 0) is 32.0 Å². The van der Waals surface area contributed by atoms with E-state index in [1.54, 1.807) is 18.2 Å². The van der Waals surface area contributed by atoms with Crippen LogP contribution in [0, 0.1) is 5.41 Å². The first-order valence-electron chi connectivity index (χ1n) is 5.25. The minimum Gasteiger partial charge on any atom is -0.369 e. The fraction of sp³-hybridized carbons (Fsp3) is 0.273. The molecule has 0 atom stereocenters. The summed E-state index contributed by atoms with van der Waals surface area (Å²) in [5.74, 6) is -0.105. The van der Waals surface area contributed by atoms with Crippen LogP contribution in [0.3, 0.4) is 0 Å². The first-order valence-corrected chi connectivity index (χ1v) is 6.01. The lowest BCUT2D eigenvalue weighted by Crippen LogP contribution is -2.46. The fourth-order valence-corrected chi connectivity index (χ4v) is 1.63. The van der Waals surface area contributed by atoms with Crippen LogP contribution in [0.1, 0.15) is 13.8 Å². The van der Waals surface area contributed by atoms with E-state index in [1.165, 1.54) is 4.90 Å². The van der Waals surface area contributed by atoms with E-state index >= 15 is 0 Å². The van der Waals surface area contributed by atoms with E-state index in [9.17, 15) is 0 Å². The molecule has 0 amide bonds. The molecule has 0 saturated heterocycles. The van der Waals surface area contributed by atoms with Gasteiger partial charge in [-0.1, -0.05) is 23.2 Å². The van der Waals surface area contributed by atoms with Crippen LogP contribution in [0.5, 0.6) is 0 Å². The monoisotopic (exact) mass is 323 g/mol. The minimum absolute atomic E-state index is 0. The molecule has 1 rings (SSSR count). The summed E-state index contributed by atoms with van der Waals surface area (Å²) in [7, 11) is 0. The number of guanidine groups is 2. The lowest BCUT2D eigenvalue weighted by molar-refractivity contribution is 0.830. The molecule has 0 radical (unpaired) electrons. The Morgan fingerprint density at radius 1 is 1.26 bits per heavy atom. The van der Waals surface area contributed by atoms with Gasteiger partial charge in [-0.2, -0.15) is 0 Å². The summed E-state index contributed by atoms with van der Waals surface area (Å²) < 4.78 is 0. The van der Waals surface area contributed by atoms with Crippen molar-refractivity contribution in [3.63, 3.8) is 0 Å². The van der Waals surface area contributed by atoms with Crippen molar-refractivity contribution < 1.29 is 0 Å². The van der Waals surface area contributed by atoms with Crippen molar-refractivity contribution in [2.24, 2.45) is 16.5 Å². The van der Waals surface area contributed by atoms with E-state index in [4.69, 9.17) is 40.1 Å². The summed E-state index contributed by atoms with van der Waals surface area (Å²) in [6.07, 6.45) is 0. The molecule has 0 spiro atoms. The van der Waals surface area contributed by atoms with Gasteiger partial charge in [-0.3, -0.25) is 10.3 Å². The molecule has 8 heteroatoms. The van der Waals surface area contributed by atoms with Gasteiger partial charge in [-0.25, -0.2) is 4.99 Å². The average molecular weight is 325 g/mol. The Labute approximate surface area is 128 Å². The van der Waals surface area contributed by atoms with Gasteiger partial charge in [0.15, 0.2) is 5.96 Å². The SMILES string of the molecule is CC(C)N=C(N)N(C(=N)N)c1ccc(Cl)c(Cl)c1.Cl. The highest BCUT2D eigenvalue weighted by molar-refractivity contribution is 6.42. The van der Waals surface area contributed by atoms with Gasteiger partial charge >= 0.3 is 0 Å². The van der Waals surface area contributed by atoms with Gasteiger partial charge in [-0.15, -0.1) is 12.4 Å². The molecule has 0 heterocycles. The number of halogens is 3. The molecular formula is C11H16Cl3N5. The molecule has 0 bridgehead atoms. The highest BCUT2D eigenvalue weighted by Crippen LogP contribution is 2.27. The van der Waals surface area contributed by atoms with Crippen molar-refractivity contribution in [1.82, 2.24) is 0 Å². The Kier molecular flexibility index (Phi) is 6.97. The number of aliphatic imine (C=N–C) groups is 1. The van der Waals surface area contributed by atoms with E-state index < -0.39 is 0 Å². The summed E-state index contributed by atoms with van der Waals surface area (Å²) in [5, 5.41) is 8.33. The molecule has 19 heavy (non-hydrogen) atoms. The fourth-order valence-electron chi connectivity index (χ4n) is 1.34.